The lowest BCUT2D eigenvalue weighted by atomic mass is 10.1. The lowest BCUT2D eigenvalue weighted by molar-refractivity contribution is -0.143. The Kier molecular flexibility index (Phi) is 15.2. The molecule has 80 heavy (non-hydrogen) atoms. The zero-order chi connectivity index (χ0) is 55.6. The molecule has 0 bridgehead atoms. The molecule has 0 aliphatic rings. The molecule has 0 amide bonds. The second-order valence-corrected chi connectivity index (χ2v) is 17.2. The van der Waals surface area contributed by atoms with Crippen molar-refractivity contribution in [3.8, 4) is 34.6 Å². The normalized spacial score (nSPS) is 11.6. The van der Waals surface area contributed by atoms with Gasteiger partial charge >= 0.3 is 12.4 Å². The molecule has 0 fully saturated rings. The van der Waals surface area contributed by atoms with Crippen LogP contribution in [0.25, 0.3) is 51.5 Å². The van der Waals surface area contributed by atoms with E-state index >= 15 is 0 Å². The number of imidazole rings is 3. The molecule has 12 aromatic rings. The molecule has 0 atom stereocenters. The number of aromatic amines is 1. The first-order chi connectivity index (χ1) is 37.8. The molecule has 0 aliphatic heterocycles. The summed E-state index contributed by atoms with van der Waals surface area (Å²) in [6.07, 6.45) is 6.11. The minimum Gasteiger partial charge on any atom is -0.368 e. The van der Waals surface area contributed by atoms with E-state index in [0.29, 0.717) is 78.0 Å². The maximum atomic E-state index is 14.1. The largest absolute Gasteiger partial charge is 0.408 e. The third-order valence-electron chi connectivity index (χ3n) is 11.5. The van der Waals surface area contributed by atoms with Crippen LogP contribution < -0.4 is 17.2 Å². The summed E-state index contributed by atoms with van der Waals surface area (Å²) in [6.45, 7) is -2.72. The van der Waals surface area contributed by atoms with Gasteiger partial charge < -0.3 is 30.4 Å². The Morgan fingerprint density at radius 1 is 0.475 bits per heavy atom. The van der Waals surface area contributed by atoms with E-state index in [1.165, 1.54) is 43.0 Å². The maximum Gasteiger partial charge on any atom is 0.408 e. The Labute approximate surface area is 444 Å². The van der Waals surface area contributed by atoms with Crippen molar-refractivity contribution in [3.63, 3.8) is 0 Å². The van der Waals surface area contributed by atoms with Gasteiger partial charge in [-0.1, -0.05) is 62.0 Å². The van der Waals surface area contributed by atoms with Crippen LogP contribution in [-0.4, -0.2) is 100 Å². The molecule has 21 nitrogen and oxygen atoms in total. The molecule has 7 N–H and O–H groups in total. The van der Waals surface area contributed by atoms with Crippen molar-refractivity contribution in [1.29, 1.82) is 0 Å². The van der Waals surface area contributed by atoms with E-state index in [9.17, 15) is 39.5 Å². The molecule has 30 heteroatoms. The Morgan fingerprint density at radius 2 is 0.900 bits per heavy atom. The van der Waals surface area contributed by atoms with E-state index < -0.39 is 37.1 Å². The third kappa shape index (κ3) is 12.4. The second kappa shape index (κ2) is 22.4. The fourth-order valence-electron chi connectivity index (χ4n) is 8.11. The van der Waals surface area contributed by atoms with E-state index in [1.54, 1.807) is 94.4 Å². The number of hydrogen-bond acceptors (Lipinski definition) is 15. The van der Waals surface area contributed by atoms with Crippen LogP contribution in [0.2, 0.25) is 0 Å². The summed E-state index contributed by atoms with van der Waals surface area (Å²) in [4.78, 5) is 37.9. The molecule has 410 valence electrons. The number of aromatic nitrogens is 18. The summed E-state index contributed by atoms with van der Waals surface area (Å²) in [5, 5.41) is 13.9. The van der Waals surface area contributed by atoms with Crippen LogP contribution in [0.3, 0.4) is 0 Å². The second-order valence-electron chi connectivity index (χ2n) is 17.2. The molecule has 0 unspecified atom stereocenters. The van der Waals surface area contributed by atoms with E-state index in [4.69, 9.17) is 17.2 Å². The highest BCUT2D eigenvalue weighted by atomic mass is 19.4. The molecule has 0 saturated heterocycles. The number of hydrogen-bond donors (Lipinski definition) is 4. The SMILES string of the molecule is C.Nc1n[nH]c(-c2cn3ccnc3c(Cc3ccccc3F)n2)n1.Nc1nc(-c2cn3ccnc3c(Cc3ccccc3F)n2)n(CC(F)(F)F)n1.Nc1nc(-c2cn3ccnc3c(Cc3ccccc3F)n2)nn1CC(F)(F)F. The first-order valence-electron chi connectivity index (χ1n) is 23.2. The Bertz CT molecular complexity index is 4110. The number of nitrogens with zero attached hydrogens (tertiary/aromatic N) is 17. The summed E-state index contributed by atoms with van der Waals surface area (Å²) in [5.74, 6) is -1.37. The number of anilines is 3. The molecule has 9 aromatic heterocycles. The minimum atomic E-state index is -4.51. The van der Waals surface area contributed by atoms with Crippen molar-refractivity contribution >= 4 is 34.8 Å². The smallest absolute Gasteiger partial charge is 0.368 e. The van der Waals surface area contributed by atoms with Crippen molar-refractivity contribution in [3.05, 3.63) is 180 Å². The Balaban J connectivity index is 0.000000145. The lowest BCUT2D eigenvalue weighted by Gasteiger charge is -2.10. The van der Waals surface area contributed by atoms with E-state index in [0.717, 1.165) is 0 Å². The molecule has 0 aliphatic carbocycles. The number of nitrogen functional groups attached to an aromatic ring is 3. The summed E-state index contributed by atoms with van der Waals surface area (Å²) in [7, 11) is 0. The predicted molar refractivity (Wildman–Crippen MR) is 272 cm³/mol. The lowest BCUT2D eigenvalue weighted by Crippen LogP contribution is -2.20. The molecule has 3 aromatic carbocycles. The minimum absolute atomic E-state index is 0. The van der Waals surface area contributed by atoms with Crippen molar-refractivity contribution in [2.24, 2.45) is 0 Å². The highest BCUT2D eigenvalue weighted by Crippen LogP contribution is 2.27. The average molecular weight is 1110 g/mol. The quantitative estimate of drug-likeness (QED) is 0.0889. The molecule has 12 rings (SSSR count). The Morgan fingerprint density at radius 3 is 1.35 bits per heavy atom. The molecule has 9 heterocycles. The zero-order valence-corrected chi connectivity index (χ0v) is 40.4. The van der Waals surface area contributed by atoms with Crippen molar-refractivity contribution in [2.75, 3.05) is 17.2 Å². The van der Waals surface area contributed by atoms with Crippen LogP contribution in [0.15, 0.2) is 129 Å². The topological polar surface area (TPSA) is 272 Å². The van der Waals surface area contributed by atoms with Gasteiger partial charge in [0.25, 0.3) is 0 Å². The molecular weight excluding hydrogens is 1070 g/mol. The average Bonchev–Trinajstić information content (AvgIpc) is 4.31. The van der Waals surface area contributed by atoms with Gasteiger partial charge in [0.1, 0.15) is 47.6 Å². The number of nitrogens with two attached hydrogens (primary N) is 3. The fraction of sp³-hybridized carbons (Fsp3) is 0.160. The summed E-state index contributed by atoms with van der Waals surface area (Å²) >= 11 is 0. The van der Waals surface area contributed by atoms with E-state index in [1.807, 2.05) is 4.40 Å². The van der Waals surface area contributed by atoms with Gasteiger partial charge in [0.15, 0.2) is 28.6 Å². The number of halogens is 9. The van der Waals surface area contributed by atoms with E-state index in [2.05, 4.69) is 65.3 Å². The van der Waals surface area contributed by atoms with Crippen molar-refractivity contribution in [2.45, 2.75) is 52.1 Å². The fourth-order valence-corrected chi connectivity index (χ4v) is 8.11. The van der Waals surface area contributed by atoms with E-state index in [-0.39, 0.29) is 67.0 Å². The number of alkyl halides is 6. The van der Waals surface area contributed by atoms with Crippen LogP contribution in [0.4, 0.5) is 57.4 Å². The van der Waals surface area contributed by atoms with Gasteiger partial charge in [0.2, 0.25) is 23.7 Å². The van der Waals surface area contributed by atoms with Crippen LogP contribution in [0, 0.1) is 17.5 Å². The summed E-state index contributed by atoms with van der Waals surface area (Å²) in [6, 6.07) is 19.0. The van der Waals surface area contributed by atoms with Gasteiger partial charge in [-0.15, -0.1) is 15.3 Å². The van der Waals surface area contributed by atoms with Crippen LogP contribution in [0.1, 0.15) is 41.2 Å². The molecule has 0 saturated carbocycles. The number of H-pyrrole nitrogens is 1. The zero-order valence-electron chi connectivity index (χ0n) is 40.4. The van der Waals surface area contributed by atoms with Crippen LogP contribution in [0.5, 0.6) is 0 Å². The standard InChI is InChI=1S/2C17H13F4N7.C15H12FN7.CH4/c18-11-4-2-1-3-10(11)7-12-15-23-5-6-27(15)8-13(24-12)14-25-16(22)28(26-14)9-17(19,20)21;18-11-4-2-1-3-10(11)7-12-14-23-5-6-27(14)8-13(24-12)15-25-16(22)26-28(15)9-17(19,20)21;16-10-4-2-1-3-9(10)7-11-14-18-5-6-23(14)8-12(19-11)13-20-15(17)22-21-13;/h1-6,8H,7,9H2,(H2,22,25,26);1-6,8H,7,9H2,(H2,22,26);1-6,8H,7H2,(H3,17,20,21,22);1H4. The number of fused-ring (bicyclic) bond motifs is 3. The predicted octanol–water partition coefficient (Wildman–Crippen LogP) is 8.19. The maximum absolute atomic E-state index is 14.1. The monoisotopic (exact) mass is 1110 g/mol. The molecule has 0 radical (unpaired) electrons. The van der Waals surface area contributed by atoms with Crippen LogP contribution in [-0.2, 0) is 32.4 Å². The first-order valence-corrected chi connectivity index (χ1v) is 23.2. The van der Waals surface area contributed by atoms with Gasteiger partial charge in [0, 0.05) is 75.0 Å². The van der Waals surface area contributed by atoms with Crippen molar-refractivity contribution in [1.82, 2.24) is 87.8 Å². The van der Waals surface area contributed by atoms with Gasteiger partial charge in [-0.05, 0) is 34.9 Å². The summed E-state index contributed by atoms with van der Waals surface area (Å²) in [5.41, 5.74) is 21.9. The van der Waals surface area contributed by atoms with Gasteiger partial charge in [0.05, 0.1) is 17.1 Å². The van der Waals surface area contributed by atoms with Gasteiger partial charge in [-0.2, -0.15) is 41.3 Å². The van der Waals surface area contributed by atoms with Crippen molar-refractivity contribution < 1.29 is 39.5 Å². The van der Waals surface area contributed by atoms with Crippen LogP contribution >= 0.6 is 0 Å². The number of nitrogens with one attached hydrogen (secondary N) is 1. The van der Waals surface area contributed by atoms with Gasteiger partial charge in [-0.3, -0.25) is 5.10 Å². The summed E-state index contributed by atoms with van der Waals surface area (Å²) < 4.78 is 125. The Hall–Kier alpha value is -10.3. The highest BCUT2D eigenvalue weighted by Gasteiger charge is 2.32. The third-order valence-corrected chi connectivity index (χ3v) is 11.5. The number of rotatable bonds is 11. The molecular formula is C50H42F9N21. The highest BCUT2D eigenvalue weighted by molar-refractivity contribution is 5.59. The number of benzene rings is 3. The molecule has 0 spiro atoms. The van der Waals surface area contributed by atoms with Gasteiger partial charge in [-0.25, -0.2) is 52.4 Å². The first kappa shape index (κ1) is 54.5.